The van der Waals surface area contributed by atoms with Crippen LogP contribution < -0.4 is 10.3 Å². The number of aromatic nitrogens is 2. The van der Waals surface area contributed by atoms with Gasteiger partial charge < -0.3 is 9.72 Å². The Morgan fingerprint density at radius 1 is 1.73 bits per heavy atom. The molecule has 1 N–H and O–H groups in total. The number of rotatable bonds is 3. The zero-order chi connectivity index (χ0) is 8.10. The van der Waals surface area contributed by atoms with Gasteiger partial charge in [-0.3, -0.25) is 4.79 Å². The van der Waals surface area contributed by atoms with Gasteiger partial charge in [-0.2, -0.15) is 0 Å². The van der Waals surface area contributed by atoms with Crippen molar-refractivity contribution in [2.24, 2.45) is 0 Å². The van der Waals surface area contributed by atoms with Crippen molar-refractivity contribution < 1.29 is 4.74 Å². The van der Waals surface area contributed by atoms with Gasteiger partial charge in [-0.1, -0.05) is 6.92 Å². The first-order valence-corrected chi connectivity index (χ1v) is 3.50. The molecule has 0 aliphatic rings. The zero-order valence-corrected chi connectivity index (χ0v) is 6.33. The molecule has 0 bridgehead atoms. The standard InChI is InChI=1S/C7H10N2O2/c1-2-3-11-6-4-8-5-9-7(6)10/h4-5H,2-3H2,1H3,(H,8,9,10). The lowest BCUT2D eigenvalue weighted by Crippen LogP contribution is -2.11. The van der Waals surface area contributed by atoms with Crippen molar-refractivity contribution >= 4 is 0 Å². The molecule has 0 saturated heterocycles. The van der Waals surface area contributed by atoms with E-state index < -0.39 is 0 Å². The summed E-state index contributed by atoms with van der Waals surface area (Å²) in [6.07, 6.45) is 3.63. The summed E-state index contributed by atoms with van der Waals surface area (Å²) in [6, 6.07) is 0. The summed E-state index contributed by atoms with van der Waals surface area (Å²) in [5.74, 6) is 0.286. The van der Waals surface area contributed by atoms with E-state index in [0.29, 0.717) is 6.61 Å². The predicted octanol–water partition coefficient (Wildman–Crippen LogP) is 0.559. The molecular formula is C7H10N2O2. The van der Waals surface area contributed by atoms with Gasteiger partial charge >= 0.3 is 0 Å². The van der Waals surface area contributed by atoms with E-state index in [1.165, 1.54) is 12.5 Å². The Bertz CT molecular complexity index is 269. The first kappa shape index (κ1) is 7.78. The summed E-state index contributed by atoms with van der Waals surface area (Å²) in [5.41, 5.74) is -0.228. The van der Waals surface area contributed by atoms with Gasteiger partial charge in [-0.05, 0) is 6.42 Å². The minimum atomic E-state index is -0.228. The molecule has 1 heterocycles. The van der Waals surface area contributed by atoms with Crippen LogP contribution in [-0.4, -0.2) is 16.6 Å². The first-order chi connectivity index (χ1) is 5.34. The number of aromatic amines is 1. The third-order valence-corrected chi connectivity index (χ3v) is 1.15. The molecule has 4 nitrogen and oxygen atoms in total. The molecule has 0 saturated carbocycles. The second-order valence-electron chi connectivity index (χ2n) is 2.09. The lowest BCUT2D eigenvalue weighted by atomic mass is 10.5. The van der Waals surface area contributed by atoms with Crippen LogP contribution in [0.15, 0.2) is 17.3 Å². The van der Waals surface area contributed by atoms with Gasteiger partial charge in [0.25, 0.3) is 5.56 Å². The molecule has 0 radical (unpaired) electrons. The van der Waals surface area contributed by atoms with E-state index in [9.17, 15) is 4.79 Å². The maximum atomic E-state index is 10.9. The molecule has 0 spiro atoms. The summed E-state index contributed by atoms with van der Waals surface area (Å²) in [4.78, 5) is 17.0. The SMILES string of the molecule is CCCOc1cnc[nH]c1=O. The van der Waals surface area contributed by atoms with E-state index in [2.05, 4.69) is 9.97 Å². The van der Waals surface area contributed by atoms with Gasteiger partial charge in [0.15, 0.2) is 0 Å². The van der Waals surface area contributed by atoms with Crippen molar-refractivity contribution in [3.05, 3.63) is 22.9 Å². The molecule has 0 aliphatic heterocycles. The van der Waals surface area contributed by atoms with E-state index in [1.807, 2.05) is 6.92 Å². The molecule has 0 amide bonds. The number of H-pyrrole nitrogens is 1. The zero-order valence-electron chi connectivity index (χ0n) is 6.33. The average molecular weight is 154 g/mol. The molecule has 11 heavy (non-hydrogen) atoms. The third-order valence-electron chi connectivity index (χ3n) is 1.15. The van der Waals surface area contributed by atoms with Crippen LogP contribution >= 0.6 is 0 Å². The largest absolute Gasteiger partial charge is 0.487 e. The fourth-order valence-corrected chi connectivity index (χ4v) is 0.645. The Morgan fingerprint density at radius 3 is 3.18 bits per heavy atom. The fraction of sp³-hybridized carbons (Fsp3) is 0.429. The lowest BCUT2D eigenvalue weighted by molar-refractivity contribution is 0.311. The molecule has 0 unspecified atom stereocenters. The number of hydrogen-bond acceptors (Lipinski definition) is 3. The number of nitrogens with zero attached hydrogens (tertiary/aromatic N) is 1. The molecule has 0 fully saturated rings. The normalized spacial score (nSPS) is 9.55. The van der Waals surface area contributed by atoms with Crippen LogP contribution in [0, 0.1) is 0 Å². The topological polar surface area (TPSA) is 55.0 Å². The minimum absolute atomic E-state index is 0.228. The molecule has 1 aromatic rings. The van der Waals surface area contributed by atoms with Crippen molar-refractivity contribution in [3.63, 3.8) is 0 Å². The third kappa shape index (κ3) is 2.07. The number of ether oxygens (including phenoxy) is 1. The van der Waals surface area contributed by atoms with Crippen LogP contribution in [0.2, 0.25) is 0 Å². The molecule has 0 atom stereocenters. The fourth-order valence-electron chi connectivity index (χ4n) is 0.645. The van der Waals surface area contributed by atoms with Crippen molar-refractivity contribution in [2.45, 2.75) is 13.3 Å². The van der Waals surface area contributed by atoms with Crippen LogP contribution in [-0.2, 0) is 0 Å². The van der Waals surface area contributed by atoms with Gasteiger partial charge in [-0.15, -0.1) is 0 Å². The highest BCUT2D eigenvalue weighted by Gasteiger charge is 1.96. The monoisotopic (exact) mass is 154 g/mol. The van der Waals surface area contributed by atoms with E-state index in [-0.39, 0.29) is 11.3 Å². The molecule has 1 rings (SSSR count). The van der Waals surface area contributed by atoms with Gasteiger partial charge in [-0.25, -0.2) is 4.98 Å². The maximum Gasteiger partial charge on any atom is 0.293 e. The van der Waals surface area contributed by atoms with Crippen molar-refractivity contribution in [2.75, 3.05) is 6.61 Å². The first-order valence-electron chi connectivity index (χ1n) is 3.50. The molecule has 60 valence electrons. The van der Waals surface area contributed by atoms with E-state index in [0.717, 1.165) is 6.42 Å². The van der Waals surface area contributed by atoms with Gasteiger partial charge in [0.1, 0.15) is 0 Å². The lowest BCUT2D eigenvalue weighted by Gasteiger charge is -2.00. The Kier molecular flexibility index (Phi) is 2.66. The van der Waals surface area contributed by atoms with Crippen molar-refractivity contribution in [1.82, 2.24) is 9.97 Å². The van der Waals surface area contributed by atoms with Gasteiger partial charge in [0.2, 0.25) is 5.75 Å². The highest BCUT2D eigenvalue weighted by Crippen LogP contribution is 1.96. The molecule has 0 aliphatic carbocycles. The van der Waals surface area contributed by atoms with Crippen LogP contribution in [0.4, 0.5) is 0 Å². The minimum Gasteiger partial charge on any atom is -0.487 e. The molecule has 4 heteroatoms. The Hall–Kier alpha value is -1.32. The van der Waals surface area contributed by atoms with Crippen LogP contribution in [0.25, 0.3) is 0 Å². The summed E-state index contributed by atoms with van der Waals surface area (Å²) in [6.45, 7) is 2.53. The molecule has 0 aromatic carbocycles. The van der Waals surface area contributed by atoms with Gasteiger partial charge in [0, 0.05) is 0 Å². The van der Waals surface area contributed by atoms with Crippen LogP contribution in [0.5, 0.6) is 5.75 Å². The Balaban J connectivity index is 2.70. The number of hydrogen-bond donors (Lipinski definition) is 1. The second kappa shape index (κ2) is 3.75. The second-order valence-corrected chi connectivity index (χ2v) is 2.09. The number of nitrogens with one attached hydrogen (secondary N) is 1. The van der Waals surface area contributed by atoms with Gasteiger partial charge in [0.05, 0.1) is 19.1 Å². The molecule has 1 aromatic heterocycles. The van der Waals surface area contributed by atoms with Crippen molar-refractivity contribution in [3.8, 4) is 5.75 Å². The van der Waals surface area contributed by atoms with Crippen molar-refractivity contribution in [1.29, 1.82) is 0 Å². The average Bonchev–Trinajstić information content (AvgIpc) is 2.03. The summed E-state index contributed by atoms with van der Waals surface area (Å²) < 4.78 is 5.08. The molecular weight excluding hydrogens is 144 g/mol. The smallest absolute Gasteiger partial charge is 0.293 e. The summed E-state index contributed by atoms with van der Waals surface area (Å²) in [5, 5.41) is 0. The van der Waals surface area contributed by atoms with Crippen LogP contribution in [0.3, 0.4) is 0 Å². The Morgan fingerprint density at radius 2 is 2.55 bits per heavy atom. The summed E-state index contributed by atoms with van der Waals surface area (Å²) >= 11 is 0. The highest BCUT2D eigenvalue weighted by molar-refractivity contribution is 5.10. The summed E-state index contributed by atoms with van der Waals surface area (Å²) in [7, 11) is 0. The predicted molar refractivity (Wildman–Crippen MR) is 40.6 cm³/mol. The Labute approximate surface area is 64.2 Å². The highest BCUT2D eigenvalue weighted by atomic mass is 16.5. The van der Waals surface area contributed by atoms with E-state index >= 15 is 0 Å². The quantitative estimate of drug-likeness (QED) is 0.692. The van der Waals surface area contributed by atoms with E-state index in [4.69, 9.17) is 4.74 Å². The van der Waals surface area contributed by atoms with E-state index in [1.54, 1.807) is 0 Å². The van der Waals surface area contributed by atoms with Crippen LogP contribution in [0.1, 0.15) is 13.3 Å². The maximum absolute atomic E-state index is 10.9.